The molecule has 1 aliphatic carbocycles. The van der Waals surface area contributed by atoms with E-state index in [1.54, 1.807) is 20.3 Å². The first kappa shape index (κ1) is 13.3. The van der Waals surface area contributed by atoms with E-state index in [-0.39, 0.29) is 5.91 Å². The van der Waals surface area contributed by atoms with Gasteiger partial charge in [0.1, 0.15) is 0 Å². The summed E-state index contributed by atoms with van der Waals surface area (Å²) < 4.78 is 10.9. The molecular weight excluding hydrogens is 254 g/mol. The Kier molecular flexibility index (Phi) is 3.55. The molecule has 4 heteroatoms. The van der Waals surface area contributed by atoms with Crippen molar-refractivity contribution in [1.82, 2.24) is 4.90 Å². The fraction of sp³-hybridized carbons (Fsp3) is 0.562. The molecule has 20 heavy (non-hydrogen) atoms. The third-order valence-electron chi connectivity index (χ3n) is 4.15. The van der Waals surface area contributed by atoms with Gasteiger partial charge in [-0.05, 0) is 49.3 Å². The maximum Gasteiger partial charge on any atom is 0.254 e. The molecule has 0 aromatic heterocycles. The Morgan fingerprint density at radius 3 is 2.50 bits per heavy atom. The lowest BCUT2D eigenvalue weighted by Gasteiger charge is -2.31. The first-order valence-corrected chi connectivity index (χ1v) is 7.27. The molecule has 0 bridgehead atoms. The van der Waals surface area contributed by atoms with Crippen LogP contribution in [0.5, 0.6) is 11.5 Å². The van der Waals surface area contributed by atoms with Crippen LogP contribution in [-0.4, -0.2) is 38.1 Å². The van der Waals surface area contributed by atoms with E-state index in [4.69, 9.17) is 9.47 Å². The molecular formula is C16H21NO3. The van der Waals surface area contributed by atoms with Crippen molar-refractivity contribution in [1.29, 1.82) is 0 Å². The molecule has 0 radical (unpaired) electrons. The zero-order chi connectivity index (χ0) is 14.1. The second-order valence-electron chi connectivity index (χ2n) is 5.66. The van der Waals surface area contributed by atoms with Crippen molar-refractivity contribution in [2.24, 2.45) is 5.92 Å². The van der Waals surface area contributed by atoms with Crippen LogP contribution in [-0.2, 0) is 6.42 Å². The predicted octanol–water partition coefficient (Wildman–Crippen LogP) is 2.50. The first-order valence-electron chi connectivity index (χ1n) is 7.27. The molecule has 0 atom stereocenters. The summed E-state index contributed by atoms with van der Waals surface area (Å²) in [6.07, 6.45) is 4.63. The highest BCUT2D eigenvalue weighted by Crippen LogP contribution is 2.39. The lowest BCUT2D eigenvalue weighted by atomic mass is 10.0. The molecule has 1 aromatic carbocycles. The molecule has 0 spiro atoms. The lowest BCUT2D eigenvalue weighted by Crippen LogP contribution is -2.42. The van der Waals surface area contributed by atoms with Crippen molar-refractivity contribution in [2.45, 2.75) is 25.7 Å². The molecule has 2 aliphatic rings. The average Bonchev–Trinajstić information content (AvgIpc) is 3.19. The van der Waals surface area contributed by atoms with Gasteiger partial charge in [-0.2, -0.15) is 0 Å². The Balaban J connectivity index is 1.94. The maximum atomic E-state index is 12.4. The maximum absolute atomic E-state index is 12.4. The Hall–Kier alpha value is -1.71. The first-order chi connectivity index (χ1) is 9.72. The van der Waals surface area contributed by atoms with Crippen LogP contribution in [0.1, 0.15) is 35.2 Å². The molecule has 108 valence electrons. The SMILES string of the molecule is COc1cc(C(=O)N2CCC2)cc(CC2CC2)c1OC. The lowest BCUT2D eigenvalue weighted by molar-refractivity contribution is 0.0651. The number of ether oxygens (including phenoxy) is 2. The summed E-state index contributed by atoms with van der Waals surface area (Å²) in [5, 5.41) is 0. The number of carbonyl (C=O) groups excluding carboxylic acids is 1. The number of carbonyl (C=O) groups is 1. The summed E-state index contributed by atoms with van der Waals surface area (Å²) in [5.74, 6) is 2.28. The highest BCUT2D eigenvalue weighted by Gasteiger charge is 2.27. The van der Waals surface area contributed by atoms with E-state index in [1.165, 1.54) is 12.8 Å². The van der Waals surface area contributed by atoms with Gasteiger partial charge < -0.3 is 14.4 Å². The Morgan fingerprint density at radius 2 is 2.00 bits per heavy atom. The van der Waals surface area contributed by atoms with Crippen molar-refractivity contribution >= 4 is 5.91 Å². The average molecular weight is 275 g/mol. The number of likely N-dealkylation sites (tertiary alicyclic amines) is 1. The van der Waals surface area contributed by atoms with Crippen LogP contribution < -0.4 is 9.47 Å². The molecule has 1 amide bonds. The van der Waals surface area contributed by atoms with E-state index in [0.717, 1.165) is 48.7 Å². The van der Waals surface area contributed by atoms with Crippen LogP contribution in [0.25, 0.3) is 0 Å². The minimum Gasteiger partial charge on any atom is -0.493 e. The van der Waals surface area contributed by atoms with Gasteiger partial charge in [0.2, 0.25) is 0 Å². The summed E-state index contributed by atoms with van der Waals surface area (Å²) in [6, 6.07) is 3.79. The number of amides is 1. The quantitative estimate of drug-likeness (QED) is 0.828. The van der Waals surface area contributed by atoms with Crippen molar-refractivity contribution in [3.05, 3.63) is 23.3 Å². The van der Waals surface area contributed by atoms with E-state index >= 15 is 0 Å². The van der Waals surface area contributed by atoms with Gasteiger partial charge >= 0.3 is 0 Å². The van der Waals surface area contributed by atoms with Gasteiger partial charge in [0.25, 0.3) is 5.91 Å². The smallest absolute Gasteiger partial charge is 0.254 e. The van der Waals surface area contributed by atoms with Gasteiger partial charge in [0.05, 0.1) is 14.2 Å². The van der Waals surface area contributed by atoms with Crippen LogP contribution in [0.15, 0.2) is 12.1 Å². The Labute approximate surface area is 119 Å². The van der Waals surface area contributed by atoms with Crippen LogP contribution in [0, 0.1) is 5.92 Å². The normalized spacial score (nSPS) is 17.6. The minimum atomic E-state index is 0.106. The van der Waals surface area contributed by atoms with Gasteiger partial charge in [0, 0.05) is 18.7 Å². The van der Waals surface area contributed by atoms with Gasteiger partial charge in [0.15, 0.2) is 11.5 Å². The highest BCUT2D eigenvalue weighted by atomic mass is 16.5. The zero-order valence-electron chi connectivity index (χ0n) is 12.1. The second kappa shape index (κ2) is 5.35. The molecule has 0 unspecified atom stereocenters. The summed E-state index contributed by atoms with van der Waals surface area (Å²) in [7, 11) is 3.28. The predicted molar refractivity (Wildman–Crippen MR) is 76.5 cm³/mol. The van der Waals surface area contributed by atoms with E-state index in [2.05, 4.69) is 0 Å². The van der Waals surface area contributed by atoms with Crippen LogP contribution in [0.4, 0.5) is 0 Å². The standard InChI is InChI=1S/C16H21NO3/c1-19-14-10-13(16(18)17-6-3-7-17)9-12(15(14)20-2)8-11-4-5-11/h9-11H,3-8H2,1-2H3. The second-order valence-corrected chi connectivity index (χ2v) is 5.66. The number of methoxy groups -OCH3 is 2. The number of rotatable bonds is 5. The molecule has 3 rings (SSSR count). The molecule has 2 fully saturated rings. The fourth-order valence-corrected chi connectivity index (χ4v) is 2.65. The number of nitrogens with zero attached hydrogens (tertiary/aromatic N) is 1. The van der Waals surface area contributed by atoms with Crippen molar-refractivity contribution in [3.8, 4) is 11.5 Å². The third-order valence-corrected chi connectivity index (χ3v) is 4.15. The van der Waals surface area contributed by atoms with Gasteiger partial charge in [-0.3, -0.25) is 4.79 Å². The van der Waals surface area contributed by atoms with Gasteiger partial charge in [-0.15, -0.1) is 0 Å². The molecule has 0 N–H and O–H groups in total. The Bertz CT molecular complexity index is 519. The summed E-state index contributed by atoms with van der Waals surface area (Å²) in [6.45, 7) is 1.73. The molecule has 4 nitrogen and oxygen atoms in total. The van der Waals surface area contributed by atoms with Crippen LogP contribution in [0.3, 0.4) is 0 Å². The summed E-state index contributed by atoms with van der Waals surface area (Å²) in [4.78, 5) is 14.3. The molecule has 1 aromatic rings. The van der Waals surface area contributed by atoms with E-state index in [0.29, 0.717) is 5.75 Å². The van der Waals surface area contributed by atoms with Crippen LogP contribution >= 0.6 is 0 Å². The number of hydrogen-bond donors (Lipinski definition) is 0. The topological polar surface area (TPSA) is 38.8 Å². The molecule has 1 aliphatic heterocycles. The van der Waals surface area contributed by atoms with Crippen LogP contribution in [0.2, 0.25) is 0 Å². The van der Waals surface area contributed by atoms with Crippen molar-refractivity contribution < 1.29 is 14.3 Å². The van der Waals surface area contributed by atoms with E-state index in [9.17, 15) is 4.79 Å². The molecule has 1 saturated carbocycles. The fourth-order valence-electron chi connectivity index (χ4n) is 2.65. The van der Waals surface area contributed by atoms with Gasteiger partial charge in [-0.1, -0.05) is 0 Å². The monoisotopic (exact) mass is 275 g/mol. The largest absolute Gasteiger partial charge is 0.493 e. The summed E-state index contributed by atoms with van der Waals surface area (Å²) >= 11 is 0. The van der Waals surface area contributed by atoms with Crippen molar-refractivity contribution in [3.63, 3.8) is 0 Å². The van der Waals surface area contributed by atoms with Crippen molar-refractivity contribution in [2.75, 3.05) is 27.3 Å². The molecule has 1 heterocycles. The highest BCUT2D eigenvalue weighted by molar-refractivity contribution is 5.95. The third kappa shape index (κ3) is 2.47. The zero-order valence-corrected chi connectivity index (χ0v) is 12.1. The molecule has 1 saturated heterocycles. The van der Waals surface area contributed by atoms with E-state index in [1.807, 2.05) is 11.0 Å². The van der Waals surface area contributed by atoms with Gasteiger partial charge in [-0.25, -0.2) is 0 Å². The number of benzene rings is 1. The minimum absolute atomic E-state index is 0.106. The summed E-state index contributed by atoms with van der Waals surface area (Å²) in [5.41, 5.74) is 1.82. The Morgan fingerprint density at radius 1 is 1.25 bits per heavy atom. The van der Waals surface area contributed by atoms with E-state index < -0.39 is 0 Å². The number of hydrogen-bond acceptors (Lipinski definition) is 3.